The minimum absolute atomic E-state index is 0.183. The van der Waals surface area contributed by atoms with E-state index in [2.05, 4.69) is 9.71 Å². The number of likely N-dealkylation sites (N-methyl/N-ethyl adjacent to an activating group) is 1. The molecule has 23 heavy (non-hydrogen) atoms. The lowest BCUT2D eigenvalue weighted by atomic mass is 10.3. The standard InChI is InChI=1S/C13H14FN3O4S2/c1-17(2)12(18)8-21-11-4-3-9(7-10(11)14)23(19,20)16-13-15-5-6-22-13/h3-7H,8H2,1-2H3,(H,15,16). The maximum absolute atomic E-state index is 14.0. The van der Waals surface area contributed by atoms with E-state index in [1.807, 2.05) is 0 Å². The first-order valence-corrected chi connectivity index (χ1v) is 8.70. The van der Waals surface area contributed by atoms with Gasteiger partial charge in [-0.1, -0.05) is 0 Å². The quantitative estimate of drug-likeness (QED) is 0.845. The van der Waals surface area contributed by atoms with Crippen LogP contribution in [0.2, 0.25) is 0 Å². The predicted molar refractivity (Wildman–Crippen MR) is 83.5 cm³/mol. The molecule has 0 saturated carbocycles. The van der Waals surface area contributed by atoms with Gasteiger partial charge in [0.15, 0.2) is 23.3 Å². The second kappa shape index (κ2) is 6.92. The molecule has 0 radical (unpaired) electrons. The van der Waals surface area contributed by atoms with Crippen molar-refractivity contribution in [3.63, 3.8) is 0 Å². The van der Waals surface area contributed by atoms with E-state index < -0.39 is 15.8 Å². The summed E-state index contributed by atoms with van der Waals surface area (Å²) in [4.78, 5) is 16.2. The Labute approximate surface area is 136 Å². The monoisotopic (exact) mass is 359 g/mol. The lowest BCUT2D eigenvalue weighted by molar-refractivity contribution is -0.130. The molecule has 0 atom stereocenters. The van der Waals surface area contributed by atoms with Crippen molar-refractivity contribution < 1.29 is 22.3 Å². The fourth-order valence-corrected chi connectivity index (χ4v) is 3.28. The van der Waals surface area contributed by atoms with Crippen LogP contribution in [0.4, 0.5) is 9.52 Å². The van der Waals surface area contributed by atoms with E-state index in [9.17, 15) is 17.6 Å². The van der Waals surface area contributed by atoms with E-state index in [0.717, 1.165) is 23.5 Å². The first kappa shape index (κ1) is 17.2. The SMILES string of the molecule is CN(C)C(=O)COc1ccc(S(=O)(=O)Nc2nccs2)cc1F. The molecule has 10 heteroatoms. The fraction of sp³-hybridized carbons (Fsp3) is 0.231. The summed E-state index contributed by atoms with van der Waals surface area (Å²) in [5.74, 6) is -1.42. The van der Waals surface area contributed by atoms with E-state index in [4.69, 9.17) is 4.74 Å². The van der Waals surface area contributed by atoms with Crippen LogP contribution in [-0.2, 0) is 14.8 Å². The molecule has 0 saturated heterocycles. The van der Waals surface area contributed by atoms with Crippen LogP contribution >= 0.6 is 11.3 Å². The number of anilines is 1. The van der Waals surface area contributed by atoms with Gasteiger partial charge in [0.25, 0.3) is 15.9 Å². The molecule has 7 nitrogen and oxygen atoms in total. The minimum Gasteiger partial charge on any atom is -0.481 e. The van der Waals surface area contributed by atoms with Crippen LogP contribution in [-0.4, -0.2) is 44.9 Å². The van der Waals surface area contributed by atoms with Crippen LogP contribution in [0.25, 0.3) is 0 Å². The van der Waals surface area contributed by atoms with E-state index in [-0.39, 0.29) is 28.3 Å². The number of ether oxygens (including phenoxy) is 1. The smallest absolute Gasteiger partial charge is 0.263 e. The number of amides is 1. The summed E-state index contributed by atoms with van der Waals surface area (Å²) in [6, 6.07) is 3.18. The van der Waals surface area contributed by atoms with E-state index in [0.29, 0.717) is 0 Å². The highest BCUT2D eigenvalue weighted by atomic mass is 32.2. The van der Waals surface area contributed by atoms with Crippen molar-refractivity contribution in [1.29, 1.82) is 0 Å². The highest BCUT2D eigenvalue weighted by molar-refractivity contribution is 7.93. The average molecular weight is 359 g/mol. The molecule has 0 fully saturated rings. The van der Waals surface area contributed by atoms with Gasteiger partial charge in [0.1, 0.15) is 0 Å². The highest BCUT2D eigenvalue weighted by Gasteiger charge is 2.18. The van der Waals surface area contributed by atoms with Crippen molar-refractivity contribution >= 4 is 32.4 Å². The molecule has 2 aromatic rings. The molecule has 1 heterocycles. The van der Waals surface area contributed by atoms with Crippen LogP contribution in [0.15, 0.2) is 34.7 Å². The van der Waals surface area contributed by atoms with Gasteiger partial charge in [0.05, 0.1) is 4.90 Å². The number of aromatic nitrogens is 1. The third kappa shape index (κ3) is 4.39. The van der Waals surface area contributed by atoms with Crippen molar-refractivity contribution in [2.45, 2.75) is 4.90 Å². The number of nitrogens with zero attached hydrogens (tertiary/aromatic N) is 2. The number of hydrogen-bond acceptors (Lipinski definition) is 6. The fourth-order valence-electron chi connectivity index (χ4n) is 1.48. The molecule has 1 aromatic carbocycles. The molecule has 2 rings (SSSR count). The van der Waals surface area contributed by atoms with Gasteiger partial charge < -0.3 is 9.64 Å². The largest absolute Gasteiger partial charge is 0.481 e. The molecule has 1 N–H and O–H groups in total. The lowest BCUT2D eigenvalue weighted by Crippen LogP contribution is -2.27. The Kier molecular flexibility index (Phi) is 5.16. The highest BCUT2D eigenvalue weighted by Crippen LogP contribution is 2.23. The number of carbonyl (C=O) groups is 1. The summed E-state index contributed by atoms with van der Waals surface area (Å²) in [7, 11) is -0.853. The maximum Gasteiger partial charge on any atom is 0.263 e. The van der Waals surface area contributed by atoms with Gasteiger partial charge in [-0.15, -0.1) is 11.3 Å². The lowest BCUT2D eigenvalue weighted by Gasteiger charge is -2.12. The Hall–Kier alpha value is -2.20. The van der Waals surface area contributed by atoms with Gasteiger partial charge in [0, 0.05) is 25.7 Å². The van der Waals surface area contributed by atoms with Gasteiger partial charge in [-0.25, -0.2) is 17.8 Å². The van der Waals surface area contributed by atoms with E-state index in [1.165, 1.54) is 17.2 Å². The Morgan fingerprint density at radius 2 is 2.17 bits per heavy atom. The van der Waals surface area contributed by atoms with Gasteiger partial charge in [-0.2, -0.15) is 0 Å². The normalized spacial score (nSPS) is 11.1. The van der Waals surface area contributed by atoms with Crippen LogP contribution in [0.5, 0.6) is 5.75 Å². The Bertz CT molecular complexity index is 792. The summed E-state index contributed by atoms with van der Waals surface area (Å²) in [5, 5.41) is 1.79. The van der Waals surface area contributed by atoms with Crippen molar-refractivity contribution in [3.05, 3.63) is 35.6 Å². The third-order valence-electron chi connectivity index (χ3n) is 2.72. The first-order valence-electron chi connectivity index (χ1n) is 6.34. The number of carbonyl (C=O) groups excluding carboxylic acids is 1. The molecular formula is C13H14FN3O4S2. The van der Waals surface area contributed by atoms with Crippen LogP contribution in [0.3, 0.4) is 0 Å². The number of rotatable bonds is 6. The molecule has 0 unspecified atom stereocenters. The number of thiazole rings is 1. The van der Waals surface area contributed by atoms with E-state index in [1.54, 1.807) is 19.5 Å². The molecule has 0 bridgehead atoms. The van der Waals surface area contributed by atoms with Crippen molar-refractivity contribution in [2.24, 2.45) is 0 Å². The molecular weight excluding hydrogens is 345 g/mol. The van der Waals surface area contributed by atoms with Crippen LogP contribution < -0.4 is 9.46 Å². The van der Waals surface area contributed by atoms with Gasteiger partial charge >= 0.3 is 0 Å². The molecule has 1 amide bonds. The second-order valence-electron chi connectivity index (χ2n) is 4.61. The van der Waals surface area contributed by atoms with Gasteiger partial charge in [0.2, 0.25) is 0 Å². The Morgan fingerprint density at radius 3 is 2.74 bits per heavy atom. The first-order chi connectivity index (χ1) is 10.8. The maximum atomic E-state index is 14.0. The molecule has 0 spiro atoms. The Morgan fingerprint density at radius 1 is 1.43 bits per heavy atom. The molecule has 0 aliphatic carbocycles. The number of sulfonamides is 1. The zero-order valence-corrected chi connectivity index (χ0v) is 13.9. The molecule has 1 aromatic heterocycles. The molecule has 124 valence electrons. The number of nitrogens with one attached hydrogen (secondary N) is 1. The predicted octanol–water partition coefficient (Wildman–Crippen LogP) is 1.55. The third-order valence-corrected chi connectivity index (χ3v) is 4.87. The second-order valence-corrected chi connectivity index (χ2v) is 7.19. The summed E-state index contributed by atoms with van der Waals surface area (Å²) >= 11 is 1.10. The number of halogens is 1. The molecule has 0 aliphatic rings. The molecule has 0 aliphatic heterocycles. The van der Waals surface area contributed by atoms with Crippen molar-refractivity contribution in [3.8, 4) is 5.75 Å². The minimum atomic E-state index is -3.94. The summed E-state index contributed by atoms with van der Waals surface area (Å²) in [6.45, 7) is -0.340. The van der Waals surface area contributed by atoms with Gasteiger partial charge in [-0.05, 0) is 18.2 Å². The van der Waals surface area contributed by atoms with E-state index >= 15 is 0 Å². The average Bonchev–Trinajstić information content (AvgIpc) is 2.97. The summed E-state index contributed by atoms with van der Waals surface area (Å²) in [6.07, 6.45) is 1.45. The zero-order chi connectivity index (χ0) is 17.0. The summed E-state index contributed by atoms with van der Waals surface area (Å²) in [5.41, 5.74) is 0. The van der Waals surface area contributed by atoms with Crippen molar-refractivity contribution in [1.82, 2.24) is 9.88 Å². The van der Waals surface area contributed by atoms with Gasteiger partial charge in [-0.3, -0.25) is 9.52 Å². The topological polar surface area (TPSA) is 88.6 Å². The zero-order valence-electron chi connectivity index (χ0n) is 12.3. The van der Waals surface area contributed by atoms with Crippen LogP contribution in [0, 0.1) is 5.82 Å². The Balaban J connectivity index is 2.13. The summed E-state index contributed by atoms with van der Waals surface area (Å²) < 4.78 is 45.4. The number of hydrogen-bond donors (Lipinski definition) is 1. The van der Waals surface area contributed by atoms with Crippen LogP contribution in [0.1, 0.15) is 0 Å². The number of benzene rings is 1. The van der Waals surface area contributed by atoms with Crippen molar-refractivity contribution in [2.75, 3.05) is 25.4 Å².